The lowest BCUT2D eigenvalue weighted by Gasteiger charge is -2.02. The number of rotatable bonds is 1. The first-order valence-corrected chi connectivity index (χ1v) is 4.14. The molecule has 0 spiro atoms. The summed E-state index contributed by atoms with van der Waals surface area (Å²) in [4.78, 5) is 3.72. The van der Waals surface area contributed by atoms with Crippen molar-refractivity contribution in [3.63, 3.8) is 0 Å². The third-order valence-corrected chi connectivity index (χ3v) is 2.00. The zero-order chi connectivity index (χ0) is 10.8. The Balaban J connectivity index is 2.82. The lowest BCUT2D eigenvalue weighted by molar-refractivity contribution is 0.321. The van der Waals surface area contributed by atoms with Gasteiger partial charge in [-0.3, -0.25) is 4.98 Å². The van der Waals surface area contributed by atoms with E-state index in [9.17, 15) is 8.78 Å². The second kappa shape index (κ2) is 3.61. The minimum absolute atomic E-state index is 0.0370. The van der Waals surface area contributed by atoms with Crippen molar-refractivity contribution in [3.8, 4) is 0 Å². The van der Waals surface area contributed by atoms with Gasteiger partial charge in [0.05, 0.1) is 6.21 Å². The average Bonchev–Trinajstić information content (AvgIpc) is 2.26. The average molecular weight is 208 g/mol. The van der Waals surface area contributed by atoms with Crippen molar-refractivity contribution in [2.24, 2.45) is 5.16 Å². The van der Waals surface area contributed by atoms with Gasteiger partial charge in [-0.2, -0.15) is 0 Å². The Hall–Kier alpha value is -2.04. The molecule has 76 valence electrons. The lowest BCUT2D eigenvalue weighted by atomic mass is 10.1. The standard InChI is InChI=1S/C10H6F2N2O/c11-8-7(5-14-15)4-6-2-1-3-13-10(6)9(8)12/h1-5,15H/b14-5+. The summed E-state index contributed by atoms with van der Waals surface area (Å²) in [6.07, 6.45) is 2.22. The van der Waals surface area contributed by atoms with E-state index in [2.05, 4.69) is 10.1 Å². The van der Waals surface area contributed by atoms with Gasteiger partial charge >= 0.3 is 0 Å². The maximum absolute atomic E-state index is 13.4. The summed E-state index contributed by atoms with van der Waals surface area (Å²) in [6.45, 7) is 0. The number of pyridine rings is 1. The summed E-state index contributed by atoms with van der Waals surface area (Å²) in [6, 6.07) is 4.57. The Labute approximate surface area is 83.7 Å². The number of halogens is 2. The van der Waals surface area contributed by atoms with Gasteiger partial charge in [-0.25, -0.2) is 8.78 Å². The molecule has 1 N–H and O–H groups in total. The van der Waals surface area contributed by atoms with Crippen LogP contribution in [0.25, 0.3) is 10.9 Å². The first-order chi connectivity index (χ1) is 7.24. The molecule has 0 atom stereocenters. The first kappa shape index (κ1) is 9.51. The number of hydrogen-bond acceptors (Lipinski definition) is 3. The molecule has 0 aliphatic rings. The summed E-state index contributed by atoms with van der Waals surface area (Å²) in [5, 5.41) is 11.4. The molecular weight excluding hydrogens is 202 g/mol. The predicted molar refractivity (Wildman–Crippen MR) is 51.0 cm³/mol. The monoisotopic (exact) mass is 208 g/mol. The Bertz CT molecular complexity index is 540. The van der Waals surface area contributed by atoms with Crippen LogP contribution < -0.4 is 0 Å². The normalized spacial score (nSPS) is 11.3. The molecule has 1 aromatic heterocycles. The van der Waals surface area contributed by atoms with Crippen LogP contribution in [-0.4, -0.2) is 16.4 Å². The number of hydrogen-bond donors (Lipinski definition) is 1. The highest BCUT2D eigenvalue weighted by molar-refractivity contribution is 5.89. The Kier molecular flexibility index (Phi) is 2.29. The number of fused-ring (bicyclic) bond motifs is 1. The van der Waals surface area contributed by atoms with Crippen LogP contribution >= 0.6 is 0 Å². The minimum Gasteiger partial charge on any atom is -0.411 e. The smallest absolute Gasteiger partial charge is 0.185 e. The quantitative estimate of drug-likeness (QED) is 0.444. The van der Waals surface area contributed by atoms with Crippen LogP contribution in [0, 0.1) is 11.6 Å². The molecule has 0 unspecified atom stereocenters. The van der Waals surface area contributed by atoms with E-state index < -0.39 is 11.6 Å². The van der Waals surface area contributed by atoms with Crippen molar-refractivity contribution in [2.45, 2.75) is 0 Å². The van der Waals surface area contributed by atoms with E-state index in [0.29, 0.717) is 5.39 Å². The highest BCUT2D eigenvalue weighted by atomic mass is 19.2. The number of oxime groups is 1. The van der Waals surface area contributed by atoms with Crippen molar-refractivity contribution in [1.82, 2.24) is 4.98 Å². The predicted octanol–water partition coefficient (Wildman–Crippen LogP) is 2.32. The van der Waals surface area contributed by atoms with E-state index in [1.165, 1.54) is 12.3 Å². The van der Waals surface area contributed by atoms with Crippen LogP contribution in [0.5, 0.6) is 0 Å². The third-order valence-electron chi connectivity index (χ3n) is 2.00. The van der Waals surface area contributed by atoms with E-state index in [0.717, 1.165) is 6.21 Å². The fourth-order valence-electron chi connectivity index (χ4n) is 1.34. The minimum atomic E-state index is -1.07. The topological polar surface area (TPSA) is 45.5 Å². The van der Waals surface area contributed by atoms with E-state index in [1.807, 2.05) is 0 Å². The zero-order valence-electron chi connectivity index (χ0n) is 7.48. The van der Waals surface area contributed by atoms with Gasteiger partial charge < -0.3 is 5.21 Å². The molecule has 1 heterocycles. The molecule has 2 aromatic rings. The molecule has 0 saturated carbocycles. The van der Waals surface area contributed by atoms with Crippen LogP contribution in [-0.2, 0) is 0 Å². The van der Waals surface area contributed by atoms with Gasteiger partial charge in [0, 0.05) is 17.1 Å². The van der Waals surface area contributed by atoms with E-state index in [4.69, 9.17) is 5.21 Å². The van der Waals surface area contributed by atoms with Crippen LogP contribution in [0.1, 0.15) is 5.56 Å². The molecule has 15 heavy (non-hydrogen) atoms. The van der Waals surface area contributed by atoms with Gasteiger partial charge in [0.1, 0.15) is 5.52 Å². The molecule has 5 heteroatoms. The summed E-state index contributed by atoms with van der Waals surface area (Å²) in [5.74, 6) is -2.11. The molecule has 0 bridgehead atoms. The van der Waals surface area contributed by atoms with Crippen molar-refractivity contribution >= 4 is 17.1 Å². The first-order valence-electron chi connectivity index (χ1n) is 4.14. The van der Waals surface area contributed by atoms with Gasteiger partial charge in [0.25, 0.3) is 0 Å². The fraction of sp³-hybridized carbons (Fsp3) is 0. The van der Waals surface area contributed by atoms with E-state index in [-0.39, 0.29) is 11.1 Å². The molecule has 0 aliphatic carbocycles. The van der Waals surface area contributed by atoms with Crippen molar-refractivity contribution in [1.29, 1.82) is 0 Å². The molecule has 3 nitrogen and oxygen atoms in total. The molecule has 0 fully saturated rings. The molecule has 2 rings (SSSR count). The molecular formula is C10H6F2N2O. The lowest BCUT2D eigenvalue weighted by Crippen LogP contribution is -1.96. The maximum atomic E-state index is 13.4. The second-order valence-corrected chi connectivity index (χ2v) is 2.91. The molecule has 1 aromatic carbocycles. The summed E-state index contributed by atoms with van der Waals surface area (Å²) in [5.41, 5.74) is -0.152. The Morgan fingerprint density at radius 1 is 1.33 bits per heavy atom. The Morgan fingerprint density at radius 3 is 2.87 bits per heavy atom. The summed E-state index contributed by atoms with van der Waals surface area (Å²) < 4.78 is 26.7. The second-order valence-electron chi connectivity index (χ2n) is 2.91. The molecule has 0 saturated heterocycles. The Morgan fingerprint density at radius 2 is 2.13 bits per heavy atom. The maximum Gasteiger partial charge on any atom is 0.185 e. The number of benzene rings is 1. The largest absolute Gasteiger partial charge is 0.411 e. The van der Waals surface area contributed by atoms with E-state index in [1.54, 1.807) is 12.1 Å². The SMILES string of the molecule is O/N=C/c1cc2cccnc2c(F)c1F. The van der Waals surface area contributed by atoms with Crippen LogP contribution in [0.2, 0.25) is 0 Å². The molecule has 0 amide bonds. The van der Waals surface area contributed by atoms with Crippen LogP contribution in [0.15, 0.2) is 29.6 Å². The van der Waals surface area contributed by atoms with Gasteiger partial charge in [0.2, 0.25) is 0 Å². The van der Waals surface area contributed by atoms with Crippen molar-refractivity contribution in [2.75, 3.05) is 0 Å². The van der Waals surface area contributed by atoms with Crippen LogP contribution in [0.4, 0.5) is 8.78 Å². The highest BCUT2D eigenvalue weighted by Crippen LogP contribution is 2.20. The van der Waals surface area contributed by atoms with Gasteiger partial charge in [0.15, 0.2) is 11.6 Å². The van der Waals surface area contributed by atoms with Gasteiger partial charge in [-0.15, -0.1) is 0 Å². The highest BCUT2D eigenvalue weighted by Gasteiger charge is 2.12. The summed E-state index contributed by atoms with van der Waals surface area (Å²) >= 11 is 0. The number of aromatic nitrogens is 1. The zero-order valence-corrected chi connectivity index (χ0v) is 7.48. The van der Waals surface area contributed by atoms with E-state index >= 15 is 0 Å². The third kappa shape index (κ3) is 1.52. The van der Waals surface area contributed by atoms with Crippen LogP contribution in [0.3, 0.4) is 0 Å². The summed E-state index contributed by atoms with van der Waals surface area (Å²) in [7, 11) is 0. The van der Waals surface area contributed by atoms with Crippen molar-refractivity contribution in [3.05, 3.63) is 41.6 Å². The molecule has 0 radical (unpaired) electrons. The van der Waals surface area contributed by atoms with Crippen molar-refractivity contribution < 1.29 is 14.0 Å². The molecule has 0 aliphatic heterocycles. The van der Waals surface area contributed by atoms with Gasteiger partial charge in [-0.1, -0.05) is 11.2 Å². The number of nitrogens with zero attached hydrogens (tertiary/aromatic N) is 2. The van der Waals surface area contributed by atoms with Gasteiger partial charge in [-0.05, 0) is 12.1 Å². The fourth-order valence-corrected chi connectivity index (χ4v) is 1.34.